The molecule has 202 valence electrons. The summed E-state index contributed by atoms with van der Waals surface area (Å²) in [5.41, 5.74) is -0.240. The highest BCUT2D eigenvalue weighted by molar-refractivity contribution is 5.80. The lowest BCUT2D eigenvalue weighted by Gasteiger charge is -2.24. The van der Waals surface area contributed by atoms with Crippen LogP contribution in [0.2, 0.25) is 0 Å². The number of aromatic nitrogens is 2. The molecule has 1 saturated carbocycles. The molecule has 2 aromatic rings. The van der Waals surface area contributed by atoms with Crippen LogP contribution in [0.25, 0.3) is 0 Å². The van der Waals surface area contributed by atoms with Crippen molar-refractivity contribution in [3.05, 3.63) is 35.8 Å². The zero-order valence-corrected chi connectivity index (χ0v) is 21.0. The molecule has 4 N–H and O–H groups in total. The minimum Gasteiger partial charge on any atom is -0.368 e. The fourth-order valence-electron chi connectivity index (χ4n) is 4.83. The Labute approximate surface area is 213 Å². The van der Waals surface area contributed by atoms with Crippen LogP contribution in [0.4, 0.5) is 40.7 Å². The Morgan fingerprint density at radius 2 is 1.97 bits per heavy atom. The van der Waals surface area contributed by atoms with Crippen molar-refractivity contribution in [2.24, 2.45) is 5.92 Å². The maximum atomic E-state index is 14.9. The van der Waals surface area contributed by atoms with E-state index in [0.29, 0.717) is 43.4 Å². The van der Waals surface area contributed by atoms with E-state index in [0.717, 1.165) is 26.1 Å². The van der Waals surface area contributed by atoms with Crippen molar-refractivity contribution in [3.8, 4) is 0 Å². The summed E-state index contributed by atoms with van der Waals surface area (Å²) in [6, 6.07) is 4.00. The van der Waals surface area contributed by atoms with Crippen LogP contribution in [0.3, 0.4) is 0 Å². The molecular weight excluding hydrogens is 490 g/mol. The van der Waals surface area contributed by atoms with Crippen molar-refractivity contribution in [1.29, 1.82) is 0 Å². The Morgan fingerprint density at radius 3 is 2.70 bits per heavy atom. The van der Waals surface area contributed by atoms with Gasteiger partial charge in [0, 0.05) is 43.6 Å². The van der Waals surface area contributed by atoms with Crippen molar-refractivity contribution in [1.82, 2.24) is 20.6 Å². The van der Waals surface area contributed by atoms with Gasteiger partial charge in [-0.2, -0.15) is 18.2 Å². The zero-order chi connectivity index (χ0) is 26.6. The Morgan fingerprint density at radius 1 is 1.16 bits per heavy atom. The third-order valence-electron chi connectivity index (χ3n) is 6.58. The Kier molecular flexibility index (Phi) is 8.35. The summed E-state index contributed by atoms with van der Waals surface area (Å²) in [4.78, 5) is 22.4. The Hall–Kier alpha value is -3.15. The lowest BCUT2D eigenvalue weighted by Crippen LogP contribution is -2.41. The van der Waals surface area contributed by atoms with Crippen molar-refractivity contribution in [3.63, 3.8) is 0 Å². The van der Waals surface area contributed by atoms with Crippen LogP contribution in [0.5, 0.6) is 0 Å². The van der Waals surface area contributed by atoms with E-state index in [-0.39, 0.29) is 17.9 Å². The predicted molar refractivity (Wildman–Crippen MR) is 134 cm³/mol. The number of nitrogens with zero attached hydrogens (tertiary/aromatic N) is 3. The summed E-state index contributed by atoms with van der Waals surface area (Å²) in [5.74, 6) is -1.62. The van der Waals surface area contributed by atoms with E-state index in [1.54, 1.807) is 12.1 Å². The number of halogens is 4. The lowest BCUT2D eigenvalue weighted by atomic mass is 10.0. The predicted octanol–water partition coefficient (Wildman–Crippen LogP) is 4.28. The minimum atomic E-state index is -4.69. The van der Waals surface area contributed by atoms with Gasteiger partial charge in [-0.1, -0.05) is 6.42 Å². The first-order valence-electron chi connectivity index (χ1n) is 12.6. The largest absolute Gasteiger partial charge is 0.421 e. The molecule has 1 amide bonds. The van der Waals surface area contributed by atoms with Gasteiger partial charge in [-0.15, -0.1) is 0 Å². The summed E-state index contributed by atoms with van der Waals surface area (Å²) < 4.78 is 56.1. The molecule has 2 unspecified atom stereocenters. The third-order valence-corrected chi connectivity index (χ3v) is 6.58. The molecule has 2 heterocycles. The first-order valence-corrected chi connectivity index (χ1v) is 12.6. The van der Waals surface area contributed by atoms with E-state index in [1.807, 2.05) is 18.7 Å². The molecule has 37 heavy (non-hydrogen) atoms. The molecule has 1 aromatic heterocycles. The number of anilines is 4. The van der Waals surface area contributed by atoms with Gasteiger partial charge in [-0.05, 0) is 57.9 Å². The topological polar surface area (TPSA) is 94.2 Å². The number of amides is 1. The van der Waals surface area contributed by atoms with Crippen LogP contribution in [0, 0.1) is 11.7 Å². The number of rotatable bonds is 7. The van der Waals surface area contributed by atoms with E-state index >= 15 is 0 Å². The van der Waals surface area contributed by atoms with Gasteiger partial charge in [0.15, 0.2) is 0 Å². The summed E-state index contributed by atoms with van der Waals surface area (Å²) in [6.07, 6.45) is -1.26. The SMILES string of the molecule is CC(C)NC(=O)C1CCCC1Nc1nc(Nc2ccc(N3CCCNCC3)c(F)c2)ncc1C(F)(F)F. The molecule has 1 aliphatic heterocycles. The summed E-state index contributed by atoms with van der Waals surface area (Å²) >= 11 is 0. The van der Waals surface area contributed by atoms with E-state index in [4.69, 9.17) is 0 Å². The molecule has 8 nitrogen and oxygen atoms in total. The molecule has 2 fully saturated rings. The van der Waals surface area contributed by atoms with Crippen molar-refractivity contribution in [2.75, 3.05) is 41.7 Å². The fourth-order valence-corrected chi connectivity index (χ4v) is 4.83. The van der Waals surface area contributed by atoms with E-state index < -0.39 is 35.3 Å². The molecule has 2 atom stereocenters. The highest BCUT2D eigenvalue weighted by Gasteiger charge is 2.39. The standard InChI is InChI=1S/C25H33F4N7O/c1-15(2)32-23(37)17-5-3-6-20(17)34-22-18(25(27,28)29)14-31-24(35-22)33-16-7-8-21(19(26)13-16)36-11-4-9-30-10-12-36/h7-8,13-15,17,20,30H,3-6,9-12H2,1-2H3,(H,32,37)(H2,31,33,34,35). The molecule has 0 spiro atoms. The van der Waals surface area contributed by atoms with E-state index in [9.17, 15) is 22.4 Å². The Bertz CT molecular complexity index is 1090. The second kappa shape index (κ2) is 11.5. The molecule has 1 aliphatic carbocycles. The minimum absolute atomic E-state index is 0.0721. The quantitative estimate of drug-likeness (QED) is 0.403. The van der Waals surface area contributed by atoms with Gasteiger partial charge in [0.05, 0.1) is 11.6 Å². The average Bonchev–Trinajstić information content (AvgIpc) is 3.11. The molecule has 1 saturated heterocycles. The van der Waals surface area contributed by atoms with Crippen LogP contribution < -0.4 is 26.2 Å². The maximum Gasteiger partial charge on any atom is 0.421 e. The van der Waals surface area contributed by atoms with Gasteiger partial charge in [0.2, 0.25) is 11.9 Å². The molecule has 0 radical (unpaired) electrons. The van der Waals surface area contributed by atoms with Gasteiger partial charge in [0.1, 0.15) is 17.2 Å². The van der Waals surface area contributed by atoms with E-state index in [1.165, 1.54) is 6.07 Å². The third kappa shape index (κ3) is 6.79. The molecule has 1 aromatic carbocycles. The molecule has 12 heteroatoms. The number of benzene rings is 1. The van der Waals surface area contributed by atoms with Gasteiger partial charge >= 0.3 is 6.18 Å². The summed E-state index contributed by atoms with van der Waals surface area (Å²) in [5, 5.41) is 11.8. The number of carbonyl (C=O) groups excluding carboxylic acids is 1. The number of hydrogen-bond acceptors (Lipinski definition) is 7. The number of alkyl halides is 3. The molecule has 2 aliphatic rings. The molecule has 0 bridgehead atoms. The first-order chi connectivity index (χ1) is 17.6. The highest BCUT2D eigenvalue weighted by Crippen LogP contribution is 2.37. The van der Waals surface area contributed by atoms with Crippen LogP contribution in [-0.2, 0) is 11.0 Å². The van der Waals surface area contributed by atoms with Gasteiger partial charge in [0.25, 0.3) is 0 Å². The van der Waals surface area contributed by atoms with Crippen LogP contribution in [0.1, 0.15) is 45.1 Å². The van der Waals surface area contributed by atoms with Gasteiger partial charge in [-0.25, -0.2) is 9.37 Å². The highest BCUT2D eigenvalue weighted by atomic mass is 19.4. The second-order valence-electron chi connectivity index (χ2n) is 9.79. The monoisotopic (exact) mass is 523 g/mol. The van der Waals surface area contributed by atoms with Crippen LogP contribution in [-0.4, -0.2) is 54.1 Å². The van der Waals surface area contributed by atoms with E-state index in [2.05, 4.69) is 31.2 Å². The van der Waals surface area contributed by atoms with Gasteiger partial charge < -0.3 is 26.2 Å². The smallest absolute Gasteiger partial charge is 0.368 e. The second-order valence-corrected chi connectivity index (χ2v) is 9.79. The lowest BCUT2D eigenvalue weighted by molar-refractivity contribution is -0.137. The molecular formula is C25H33F4N7O. The fraction of sp³-hybridized carbons (Fsp3) is 0.560. The first kappa shape index (κ1) is 26.9. The van der Waals surface area contributed by atoms with Crippen LogP contribution >= 0.6 is 0 Å². The number of nitrogens with one attached hydrogen (secondary N) is 4. The average molecular weight is 524 g/mol. The summed E-state index contributed by atoms with van der Waals surface area (Å²) in [7, 11) is 0. The van der Waals surface area contributed by atoms with Crippen LogP contribution in [0.15, 0.2) is 24.4 Å². The Balaban J connectivity index is 1.54. The maximum absolute atomic E-state index is 14.9. The normalized spacial score (nSPS) is 20.6. The molecule has 4 rings (SSSR count). The summed E-state index contributed by atoms with van der Waals surface area (Å²) in [6.45, 7) is 6.71. The van der Waals surface area contributed by atoms with Crippen molar-refractivity contribution >= 4 is 29.0 Å². The number of hydrogen-bond donors (Lipinski definition) is 4. The van der Waals surface area contributed by atoms with Crippen molar-refractivity contribution < 1.29 is 22.4 Å². The van der Waals surface area contributed by atoms with Gasteiger partial charge in [-0.3, -0.25) is 4.79 Å². The zero-order valence-electron chi connectivity index (χ0n) is 21.0. The number of carbonyl (C=O) groups is 1. The van der Waals surface area contributed by atoms with Crippen molar-refractivity contribution in [2.45, 2.75) is 57.8 Å².